The highest BCUT2D eigenvalue weighted by Crippen LogP contribution is 2.23. The Morgan fingerprint density at radius 1 is 0.516 bits per heavy atom. The van der Waals surface area contributed by atoms with Gasteiger partial charge in [0.2, 0.25) is 0 Å². The predicted octanol–water partition coefficient (Wildman–Crippen LogP) is 11.4. The fourth-order valence-corrected chi connectivity index (χ4v) is 5.51. The molecule has 0 N–H and O–H groups in total. The van der Waals surface area contributed by atoms with Crippen LogP contribution in [0, 0.1) is 11.8 Å². The number of unbranched alkanes of at least 4 members (excludes halogenated alkanes) is 13. The van der Waals surface area contributed by atoms with Crippen LogP contribution in [0.3, 0.4) is 0 Å². The van der Waals surface area contributed by atoms with E-state index in [9.17, 15) is 0 Å². The quantitative estimate of drug-likeness (QED) is 0.0979. The molecule has 2 unspecified atom stereocenters. The molecule has 0 aromatic heterocycles. The zero-order valence-electron chi connectivity index (χ0n) is 22.3. The summed E-state index contributed by atoms with van der Waals surface area (Å²) in [5, 5.41) is 0. The number of hydrogen-bond acceptors (Lipinski definition) is 1. The number of hydrogen-bond donors (Lipinski definition) is 0. The van der Waals surface area contributed by atoms with E-state index in [-0.39, 0.29) is 0 Å². The Morgan fingerprint density at radius 2 is 1.00 bits per heavy atom. The van der Waals surface area contributed by atoms with Crippen molar-refractivity contribution < 1.29 is 0 Å². The summed E-state index contributed by atoms with van der Waals surface area (Å²) in [5.74, 6) is 4.59. The van der Waals surface area contributed by atoms with Crippen LogP contribution in [0.25, 0.3) is 0 Å². The SMILES string of the molecule is CCCCCCCC/C=C\CCCCCCCCC(C)CC(C)CCCCSCCC. The standard InChI is InChI=1S/C30H60S/c1-5-7-8-9-10-11-12-13-14-15-16-17-18-19-20-21-24-29(3)28-30(4)25-22-23-27-31-26-6-2/h13-14,29-30H,5-12,15-28H2,1-4H3/b14-13-. The van der Waals surface area contributed by atoms with E-state index in [0.717, 1.165) is 11.8 Å². The highest BCUT2D eigenvalue weighted by atomic mass is 32.2. The first kappa shape index (κ1) is 31.1. The minimum absolute atomic E-state index is 0.931. The lowest BCUT2D eigenvalue weighted by Gasteiger charge is -2.17. The van der Waals surface area contributed by atoms with E-state index >= 15 is 0 Å². The third kappa shape index (κ3) is 26.2. The molecule has 0 spiro atoms. The van der Waals surface area contributed by atoms with Gasteiger partial charge >= 0.3 is 0 Å². The maximum Gasteiger partial charge on any atom is -0.00675 e. The molecule has 31 heavy (non-hydrogen) atoms. The molecule has 186 valence electrons. The maximum absolute atomic E-state index is 2.49. The smallest absolute Gasteiger partial charge is 0.00675 e. The van der Waals surface area contributed by atoms with Crippen molar-refractivity contribution in [2.45, 2.75) is 156 Å². The number of allylic oxidation sites excluding steroid dienone is 2. The summed E-state index contributed by atoms with van der Waals surface area (Å²) >= 11 is 2.14. The van der Waals surface area contributed by atoms with Gasteiger partial charge in [-0.05, 0) is 68.3 Å². The Labute approximate surface area is 203 Å². The third-order valence-corrected chi connectivity index (χ3v) is 7.87. The first-order valence-corrected chi connectivity index (χ1v) is 15.6. The zero-order chi connectivity index (χ0) is 22.8. The van der Waals surface area contributed by atoms with Crippen molar-refractivity contribution in [3.8, 4) is 0 Å². The molecule has 0 fully saturated rings. The molecule has 1 heteroatoms. The molecule has 0 bridgehead atoms. The highest BCUT2D eigenvalue weighted by Gasteiger charge is 2.08. The van der Waals surface area contributed by atoms with Crippen molar-refractivity contribution in [3.05, 3.63) is 12.2 Å². The van der Waals surface area contributed by atoms with E-state index < -0.39 is 0 Å². The van der Waals surface area contributed by atoms with E-state index in [1.54, 1.807) is 0 Å². The van der Waals surface area contributed by atoms with Gasteiger partial charge in [0.1, 0.15) is 0 Å². The van der Waals surface area contributed by atoms with Gasteiger partial charge in [0.05, 0.1) is 0 Å². The van der Waals surface area contributed by atoms with Crippen LogP contribution in [0.2, 0.25) is 0 Å². The monoisotopic (exact) mass is 452 g/mol. The van der Waals surface area contributed by atoms with Gasteiger partial charge in [-0.15, -0.1) is 0 Å². The van der Waals surface area contributed by atoms with Crippen LogP contribution in [-0.4, -0.2) is 11.5 Å². The Bertz CT molecular complexity index is 348. The molecule has 0 nitrogen and oxygen atoms in total. The zero-order valence-corrected chi connectivity index (χ0v) is 23.1. The lowest BCUT2D eigenvalue weighted by molar-refractivity contribution is 0.360. The first-order valence-electron chi connectivity index (χ1n) is 14.4. The molecule has 0 heterocycles. The number of thioether (sulfide) groups is 1. The minimum Gasteiger partial charge on any atom is -0.162 e. The van der Waals surface area contributed by atoms with Crippen LogP contribution < -0.4 is 0 Å². The van der Waals surface area contributed by atoms with E-state index in [1.165, 1.54) is 140 Å². The Hall–Kier alpha value is 0.0900. The molecular weight excluding hydrogens is 392 g/mol. The van der Waals surface area contributed by atoms with E-state index in [0.29, 0.717) is 0 Å². The van der Waals surface area contributed by atoms with Crippen molar-refractivity contribution in [1.82, 2.24) is 0 Å². The summed E-state index contributed by atoms with van der Waals surface area (Å²) in [5.41, 5.74) is 0. The first-order chi connectivity index (χ1) is 15.2. The Balaban J connectivity index is 3.30. The van der Waals surface area contributed by atoms with Gasteiger partial charge < -0.3 is 0 Å². The largest absolute Gasteiger partial charge is 0.162 e. The van der Waals surface area contributed by atoms with Crippen LogP contribution in [-0.2, 0) is 0 Å². The average molecular weight is 453 g/mol. The van der Waals surface area contributed by atoms with Crippen molar-refractivity contribution in [3.63, 3.8) is 0 Å². The Morgan fingerprint density at radius 3 is 1.55 bits per heavy atom. The van der Waals surface area contributed by atoms with Crippen molar-refractivity contribution >= 4 is 11.8 Å². The van der Waals surface area contributed by atoms with Crippen LogP contribution in [0.5, 0.6) is 0 Å². The molecule has 0 saturated heterocycles. The molecule has 0 rings (SSSR count). The third-order valence-electron chi connectivity index (χ3n) is 6.60. The predicted molar refractivity (Wildman–Crippen MR) is 148 cm³/mol. The fourth-order valence-electron chi connectivity index (χ4n) is 4.61. The van der Waals surface area contributed by atoms with Crippen LogP contribution in [0.15, 0.2) is 12.2 Å². The van der Waals surface area contributed by atoms with Crippen molar-refractivity contribution in [2.75, 3.05) is 11.5 Å². The van der Waals surface area contributed by atoms with Crippen molar-refractivity contribution in [1.29, 1.82) is 0 Å². The van der Waals surface area contributed by atoms with Crippen LogP contribution in [0.1, 0.15) is 156 Å². The van der Waals surface area contributed by atoms with Gasteiger partial charge in [-0.1, -0.05) is 123 Å². The van der Waals surface area contributed by atoms with E-state index in [2.05, 4.69) is 51.6 Å². The molecule has 0 radical (unpaired) electrons. The van der Waals surface area contributed by atoms with E-state index in [4.69, 9.17) is 0 Å². The summed E-state index contributed by atoms with van der Waals surface area (Å²) in [4.78, 5) is 0. The molecule has 2 atom stereocenters. The topological polar surface area (TPSA) is 0 Å². The van der Waals surface area contributed by atoms with Crippen LogP contribution in [0.4, 0.5) is 0 Å². The van der Waals surface area contributed by atoms with E-state index in [1.807, 2.05) is 0 Å². The van der Waals surface area contributed by atoms with Gasteiger partial charge in [-0.3, -0.25) is 0 Å². The van der Waals surface area contributed by atoms with Gasteiger partial charge in [0, 0.05) is 0 Å². The normalized spacial score (nSPS) is 13.8. The van der Waals surface area contributed by atoms with Gasteiger partial charge in [-0.25, -0.2) is 0 Å². The molecule has 0 saturated carbocycles. The second-order valence-electron chi connectivity index (χ2n) is 10.3. The highest BCUT2D eigenvalue weighted by molar-refractivity contribution is 7.99. The number of rotatable bonds is 25. The minimum atomic E-state index is 0.931. The molecule has 0 aromatic carbocycles. The molecular formula is C30H60S. The van der Waals surface area contributed by atoms with Gasteiger partial charge in [0.15, 0.2) is 0 Å². The summed E-state index contributed by atoms with van der Waals surface area (Å²) in [7, 11) is 0. The molecule has 0 aromatic rings. The van der Waals surface area contributed by atoms with Gasteiger partial charge in [0.25, 0.3) is 0 Å². The summed E-state index contributed by atoms with van der Waals surface area (Å²) in [6, 6.07) is 0. The summed E-state index contributed by atoms with van der Waals surface area (Å²) < 4.78 is 0. The van der Waals surface area contributed by atoms with Crippen LogP contribution >= 0.6 is 11.8 Å². The van der Waals surface area contributed by atoms with Gasteiger partial charge in [-0.2, -0.15) is 11.8 Å². The fraction of sp³-hybridized carbons (Fsp3) is 0.933. The lowest BCUT2D eigenvalue weighted by Crippen LogP contribution is -2.04. The van der Waals surface area contributed by atoms with Crippen molar-refractivity contribution in [2.24, 2.45) is 11.8 Å². The molecule has 0 aliphatic carbocycles. The molecule has 0 amide bonds. The summed E-state index contributed by atoms with van der Waals surface area (Å²) in [6.45, 7) is 9.55. The average Bonchev–Trinajstić information content (AvgIpc) is 2.75. The summed E-state index contributed by atoms with van der Waals surface area (Å²) in [6.07, 6.45) is 33.2. The second-order valence-corrected chi connectivity index (χ2v) is 11.5. The lowest BCUT2D eigenvalue weighted by atomic mass is 9.90. The molecule has 0 aliphatic heterocycles. The maximum atomic E-state index is 2.49. The molecule has 0 aliphatic rings. The Kier molecular flexibility index (Phi) is 26.4. The second kappa shape index (κ2) is 26.3.